The van der Waals surface area contributed by atoms with Crippen LogP contribution in [-0.4, -0.2) is 25.8 Å². The van der Waals surface area contributed by atoms with E-state index in [2.05, 4.69) is 26.6 Å². The summed E-state index contributed by atoms with van der Waals surface area (Å²) in [6.45, 7) is 3.32. The van der Waals surface area contributed by atoms with Crippen LogP contribution in [0.1, 0.15) is 6.92 Å². The molecule has 5 nitrogen and oxygen atoms in total. The number of ether oxygens (including phenoxy) is 2. The highest BCUT2D eigenvalue weighted by atomic mass is 79.9. The van der Waals surface area contributed by atoms with Crippen LogP contribution < -0.4 is 20.1 Å². The molecule has 2 amide bonds. The second-order valence-electron chi connectivity index (χ2n) is 4.65. The van der Waals surface area contributed by atoms with Crippen molar-refractivity contribution in [3.8, 4) is 11.5 Å². The first-order valence-corrected chi connectivity index (χ1v) is 8.13. The van der Waals surface area contributed by atoms with Gasteiger partial charge in [-0.25, -0.2) is 4.79 Å². The zero-order valence-corrected chi connectivity index (χ0v) is 14.4. The molecule has 2 rings (SSSR count). The number of amides is 2. The Labute approximate surface area is 144 Å². The Morgan fingerprint density at radius 1 is 1.09 bits per heavy atom. The molecule has 0 saturated carbocycles. The molecule has 0 aliphatic heterocycles. The van der Waals surface area contributed by atoms with Crippen LogP contribution in [0.25, 0.3) is 0 Å². The van der Waals surface area contributed by atoms with Gasteiger partial charge >= 0.3 is 6.03 Å². The van der Waals surface area contributed by atoms with Gasteiger partial charge in [0.05, 0.1) is 13.2 Å². The van der Waals surface area contributed by atoms with Gasteiger partial charge in [-0.15, -0.1) is 0 Å². The minimum absolute atomic E-state index is 0.269. The van der Waals surface area contributed by atoms with E-state index in [1.807, 2.05) is 55.5 Å². The normalized spacial score (nSPS) is 10.0. The maximum absolute atomic E-state index is 11.8. The minimum atomic E-state index is -0.269. The van der Waals surface area contributed by atoms with Gasteiger partial charge in [-0.05, 0) is 37.3 Å². The molecule has 0 radical (unpaired) electrons. The Kier molecular flexibility index (Phi) is 6.75. The van der Waals surface area contributed by atoms with Crippen LogP contribution in [0.5, 0.6) is 11.5 Å². The third-order valence-electron chi connectivity index (χ3n) is 2.86. The predicted octanol–water partition coefficient (Wildman–Crippen LogP) is 4.05. The third-order valence-corrected chi connectivity index (χ3v) is 3.35. The molecule has 0 spiro atoms. The highest BCUT2D eigenvalue weighted by molar-refractivity contribution is 9.10. The standard InChI is InChI=1S/C17H19BrN2O3/c1-2-22-15-7-4-8-16(12-15)23-10-9-19-17(21)20-14-6-3-5-13(18)11-14/h3-8,11-12H,2,9-10H2,1H3,(H2,19,20,21). The van der Waals surface area contributed by atoms with Gasteiger partial charge in [0.2, 0.25) is 0 Å². The largest absolute Gasteiger partial charge is 0.494 e. The van der Waals surface area contributed by atoms with E-state index in [0.29, 0.717) is 25.5 Å². The van der Waals surface area contributed by atoms with Gasteiger partial charge in [0, 0.05) is 16.2 Å². The minimum Gasteiger partial charge on any atom is -0.494 e. The molecule has 23 heavy (non-hydrogen) atoms. The molecule has 0 aliphatic carbocycles. The average Bonchev–Trinajstić information content (AvgIpc) is 2.52. The Balaban J connectivity index is 1.70. The Morgan fingerprint density at radius 2 is 1.83 bits per heavy atom. The molecule has 2 aromatic rings. The van der Waals surface area contributed by atoms with Gasteiger partial charge in [0.15, 0.2) is 0 Å². The first-order valence-electron chi connectivity index (χ1n) is 7.33. The average molecular weight is 379 g/mol. The van der Waals surface area contributed by atoms with Crippen molar-refractivity contribution in [2.45, 2.75) is 6.92 Å². The molecule has 2 aromatic carbocycles. The monoisotopic (exact) mass is 378 g/mol. The predicted molar refractivity (Wildman–Crippen MR) is 94.3 cm³/mol. The molecule has 0 aromatic heterocycles. The summed E-state index contributed by atoms with van der Waals surface area (Å²) in [4.78, 5) is 11.8. The lowest BCUT2D eigenvalue weighted by molar-refractivity contribution is 0.247. The summed E-state index contributed by atoms with van der Waals surface area (Å²) in [5, 5.41) is 5.49. The summed E-state index contributed by atoms with van der Waals surface area (Å²) in [6, 6.07) is 14.6. The lowest BCUT2D eigenvalue weighted by atomic mass is 10.3. The Morgan fingerprint density at radius 3 is 2.57 bits per heavy atom. The second kappa shape index (κ2) is 9.05. The van der Waals surface area contributed by atoms with Crippen molar-refractivity contribution in [2.24, 2.45) is 0 Å². The molecule has 0 atom stereocenters. The molecule has 0 heterocycles. The summed E-state index contributed by atoms with van der Waals surface area (Å²) < 4.78 is 11.9. The topological polar surface area (TPSA) is 59.6 Å². The fourth-order valence-electron chi connectivity index (χ4n) is 1.90. The van der Waals surface area contributed by atoms with Crippen molar-refractivity contribution in [1.29, 1.82) is 0 Å². The van der Waals surface area contributed by atoms with E-state index < -0.39 is 0 Å². The van der Waals surface area contributed by atoms with Crippen molar-refractivity contribution in [2.75, 3.05) is 25.1 Å². The van der Waals surface area contributed by atoms with E-state index in [1.165, 1.54) is 0 Å². The molecule has 6 heteroatoms. The Bertz CT molecular complexity index is 649. The second-order valence-corrected chi connectivity index (χ2v) is 5.56. The maximum atomic E-state index is 11.8. The Hall–Kier alpha value is -2.21. The SMILES string of the molecule is CCOc1cccc(OCCNC(=O)Nc2cccc(Br)c2)c1. The van der Waals surface area contributed by atoms with Crippen molar-refractivity contribution in [1.82, 2.24) is 5.32 Å². The molecular formula is C17H19BrN2O3. The fraction of sp³-hybridized carbons (Fsp3) is 0.235. The number of carbonyl (C=O) groups excluding carboxylic acids is 1. The summed E-state index contributed by atoms with van der Waals surface area (Å²) >= 11 is 3.36. The molecule has 0 fully saturated rings. The number of urea groups is 1. The number of carbonyl (C=O) groups is 1. The van der Waals surface area contributed by atoms with Crippen LogP contribution in [0.2, 0.25) is 0 Å². The number of benzene rings is 2. The number of hydrogen-bond donors (Lipinski definition) is 2. The third kappa shape index (κ3) is 6.20. The van der Waals surface area contributed by atoms with E-state index in [1.54, 1.807) is 0 Å². The number of anilines is 1. The summed E-state index contributed by atoms with van der Waals surface area (Å²) in [5.74, 6) is 1.48. The van der Waals surface area contributed by atoms with Crippen molar-refractivity contribution in [3.05, 3.63) is 53.0 Å². The van der Waals surface area contributed by atoms with E-state index >= 15 is 0 Å². The van der Waals surface area contributed by atoms with E-state index in [0.717, 1.165) is 15.9 Å². The van der Waals surface area contributed by atoms with Crippen molar-refractivity contribution >= 4 is 27.6 Å². The van der Waals surface area contributed by atoms with E-state index in [-0.39, 0.29) is 6.03 Å². The fourth-order valence-corrected chi connectivity index (χ4v) is 2.29. The quantitative estimate of drug-likeness (QED) is 0.714. The van der Waals surface area contributed by atoms with Gasteiger partial charge < -0.3 is 20.1 Å². The molecule has 122 valence electrons. The summed E-state index contributed by atoms with van der Waals surface area (Å²) in [5.41, 5.74) is 0.724. The molecular weight excluding hydrogens is 360 g/mol. The smallest absolute Gasteiger partial charge is 0.319 e. The van der Waals surface area contributed by atoms with E-state index in [9.17, 15) is 4.79 Å². The van der Waals surface area contributed by atoms with Gasteiger partial charge in [-0.2, -0.15) is 0 Å². The zero-order valence-electron chi connectivity index (χ0n) is 12.8. The van der Waals surface area contributed by atoms with Crippen LogP contribution in [0.4, 0.5) is 10.5 Å². The maximum Gasteiger partial charge on any atom is 0.319 e. The molecule has 0 bridgehead atoms. The first-order chi connectivity index (χ1) is 11.2. The van der Waals surface area contributed by atoms with Crippen LogP contribution in [-0.2, 0) is 0 Å². The van der Waals surface area contributed by atoms with Gasteiger partial charge in [0.25, 0.3) is 0 Å². The molecule has 0 unspecified atom stereocenters. The van der Waals surface area contributed by atoms with Crippen LogP contribution in [0.3, 0.4) is 0 Å². The number of rotatable bonds is 7. The number of hydrogen-bond acceptors (Lipinski definition) is 3. The zero-order chi connectivity index (χ0) is 16.5. The van der Waals surface area contributed by atoms with Crippen LogP contribution in [0.15, 0.2) is 53.0 Å². The van der Waals surface area contributed by atoms with Crippen molar-refractivity contribution < 1.29 is 14.3 Å². The molecule has 0 saturated heterocycles. The highest BCUT2D eigenvalue weighted by Crippen LogP contribution is 2.19. The van der Waals surface area contributed by atoms with Crippen LogP contribution >= 0.6 is 15.9 Å². The molecule has 0 aliphatic rings. The lowest BCUT2D eigenvalue weighted by Gasteiger charge is -2.10. The first kappa shape index (κ1) is 17.1. The van der Waals surface area contributed by atoms with Gasteiger partial charge in [-0.3, -0.25) is 0 Å². The number of halogens is 1. The summed E-state index contributed by atoms with van der Waals surface area (Å²) in [6.07, 6.45) is 0. The van der Waals surface area contributed by atoms with Crippen molar-refractivity contribution in [3.63, 3.8) is 0 Å². The van der Waals surface area contributed by atoms with Gasteiger partial charge in [-0.1, -0.05) is 28.1 Å². The molecule has 2 N–H and O–H groups in total. The number of nitrogens with one attached hydrogen (secondary N) is 2. The van der Waals surface area contributed by atoms with Crippen LogP contribution in [0, 0.1) is 0 Å². The highest BCUT2D eigenvalue weighted by Gasteiger charge is 2.02. The summed E-state index contributed by atoms with van der Waals surface area (Å²) in [7, 11) is 0. The van der Waals surface area contributed by atoms with E-state index in [4.69, 9.17) is 9.47 Å². The van der Waals surface area contributed by atoms with Gasteiger partial charge in [0.1, 0.15) is 18.1 Å². The lowest BCUT2D eigenvalue weighted by Crippen LogP contribution is -2.32.